The molecule has 0 atom stereocenters. The van der Waals surface area contributed by atoms with Crippen molar-refractivity contribution in [1.29, 1.82) is 0 Å². The van der Waals surface area contributed by atoms with Crippen molar-refractivity contribution < 1.29 is 14.3 Å². The van der Waals surface area contributed by atoms with E-state index in [2.05, 4.69) is 10.4 Å². The fraction of sp³-hybridized carbons (Fsp3) is 0.158. The van der Waals surface area contributed by atoms with Crippen LogP contribution in [0, 0.1) is 0 Å². The third kappa shape index (κ3) is 3.33. The Labute approximate surface area is 145 Å². The molecule has 2 aromatic carbocycles. The lowest BCUT2D eigenvalue weighted by molar-refractivity contribution is 0.0951. The van der Waals surface area contributed by atoms with Crippen LogP contribution in [0.15, 0.2) is 60.9 Å². The van der Waals surface area contributed by atoms with Gasteiger partial charge in [0.25, 0.3) is 5.91 Å². The number of carbonyl (C=O) groups is 1. The Balaban J connectivity index is 1.42. The van der Waals surface area contributed by atoms with E-state index < -0.39 is 0 Å². The third-order valence-electron chi connectivity index (χ3n) is 3.93. The van der Waals surface area contributed by atoms with Gasteiger partial charge >= 0.3 is 0 Å². The molecule has 0 unspecified atom stereocenters. The van der Waals surface area contributed by atoms with Gasteiger partial charge in [-0.15, -0.1) is 0 Å². The number of nitrogens with zero attached hydrogens (tertiary/aromatic N) is 2. The van der Waals surface area contributed by atoms with Crippen molar-refractivity contribution >= 4 is 5.91 Å². The summed E-state index contributed by atoms with van der Waals surface area (Å²) in [5.74, 6) is 1.29. The van der Waals surface area contributed by atoms with Crippen molar-refractivity contribution in [3.05, 3.63) is 72.1 Å². The molecule has 6 heteroatoms. The van der Waals surface area contributed by atoms with Gasteiger partial charge in [0.1, 0.15) is 13.2 Å². The Hall–Kier alpha value is -3.28. The molecule has 1 N–H and O–H groups in total. The molecule has 0 fully saturated rings. The molecule has 0 saturated heterocycles. The molecular formula is C19H17N3O3. The minimum atomic E-state index is -0.169. The quantitative estimate of drug-likeness (QED) is 0.796. The summed E-state index contributed by atoms with van der Waals surface area (Å²) in [6.07, 6.45) is 3.28. The number of amides is 1. The van der Waals surface area contributed by atoms with Crippen LogP contribution in [0.4, 0.5) is 0 Å². The molecule has 1 aliphatic heterocycles. The van der Waals surface area contributed by atoms with E-state index in [4.69, 9.17) is 9.47 Å². The largest absolute Gasteiger partial charge is 0.486 e. The van der Waals surface area contributed by atoms with E-state index in [1.54, 1.807) is 17.1 Å². The van der Waals surface area contributed by atoms with Crippen molar-refractivity contribution in [2.24, 2.45) is 0 Å². The normalized spacial score (nSPS) is 12.6. The summed E-state index contributed by atoms with van der Waals surface area (Å²) < 4.78 is 12.7. The van der Waals surface area contributed by atoms with Crippen LogP contribution in [-0.4, -0.2) is 28.9 Å². The van der Waals surface area contributed by atoms with Crippen LogP contribution in [0.2, 0.25) is 0 Å². The zero-order valence-corrected chi connectivity index (χ0v) is 13.5. The highest BCUT2D eigenvalue weighted by Gasteiger charge is 2.13. The molecule has 1 aromatic heterocycles. The number of fused-ring (bicyclic) bond motifs is 1. The van der Waals surface area contributed by atoms with Gasteiger partial charge in [-0.2, -0.15) is 5.10 Å². The molecule has 6 nitrogen and oxygen atoms in total. The number of aromatic nitrogens is 2. The molecule has 0 radical (unpaired) electrons. The van der Waals surface area contributed by atoms with Gasteiger partial charge in [-0.05, 0) is 29.8 Å². The SMILES string of the molecule is O=C(NCc1ccc2c(c1)OCCO2)c1cnn(-c2ccccc2)c1. The average Bonchev–Trinajstić information content (AvgIpc) is 3.17. The van der Waals surface area contributed by atoms with Crippen LogP contribution in [0.1, 0.15) is 15.9 Å². The first kappa shape index (κ1) is 15.3. The highest BCUT2D eigenvalue weighted by molar-refractivity contribution is 5.93. The van der Waals surface area contributed by atoms with Crippen molar-refractivity contribution in [2.45, 2.75) is 6.54 Å². The molecule has 4 rings (SSSR count). The van der Waals surface area contributed by atoms with Crippen molar-refractivity contribution in [2.75, 3.05) is 13.2 Å². The molecule has 0 aliphatic carbocycles. The second kappa shape index (κ2) is 6.68. The zero-order chi connectivity index (χ0) is 17.1. The Kier molecular flexibility index (Phi) is 4.08. The maximum Gasteiger partial charge on any atom is 0.254 e. The molecule has 2 heterocycles. The van der Waals surface area contributed by atoms with Crippen molar-refractivity contribution in [3.63, 3.8) is 0 Å². The lowest BCUT2D eigenvalue weighted by atomic mass is 10.2. The summed E-state index contributed by atoms with van der Waals surface area (Å²) in [4.78, 5) is 12.3. The van der Waals surface area contributed by atoms with Crippen LogP contribution in [0.3, 0.4) is 0 Å². The van der Waals surface area contributed by atoms with Gasteiger partial charge in [0.15, 0.2) is 11.5 Å². The van der Waals surface area contributed by atoms with Gasteiger partial charge in [-0.25, -0.2) is 4.68 Å². The van der Waals surface area contributed by atoms with Crippen LogP contribution < -0.4 is 14.8 Å². The Bertz CT molecular complexity index is 890. The second-order valence-electron chi connectivity index (χ2n) is 5.67. The minimum absolute atomic E-state index is 0.169. The van der Waals surface area contributed by atoms with Gasteiger partial charge in [-0.3, -0.25) is 4.79 Å². The van der Waals surface area contributed by atoms with Crippen molar-refractivity contribution in [1.82, 2.24) is 15.1 Å². The van der Waals surface area contributed by atoms with Gasteiger partial charge < -0.3 is 14.8 Å². The molecule has 3 aromatic rings. The first-order valence-corrected chi connectivity index (χ1v) is 8.06. The second-order valence-corrected chi connectivity index (χ2v) is 5.67. The number of rotatable bonds is 4. The fourth-order valence-electron chi connectivity index (χ4n) is 2.64. The van der Waals surface area contributed by atoms with Crippen LogP contribution >= 0.6 is 0 Å². The number of hydrogen-bond donors (Lipinski definition) is 1. The van der Waals surface area contributed by atoms with Crippen LogP contribution in [0.5, 0.6) is 11.5 Å². The van der Waals surface area contributed by atoms with Crippen LogP contribution in [0.25, 0.3) is 5.69 Å². The summed E-state index contributed by atoms with van der Waals surface area (Å²) in [6, 6.07) is 15.3. The summed E-state index contributed by atoms with van der Waals surface area (Å²) in [7, 11) is 0. The van der Waals surface area contributed by atoms with E-state index in [-0.39, 0.29) is 5.91 Å². The Morgan fingerprint density at radius 2 is 1.88 bits per heavy atom. The molecular weight excluding hydrogens is 318 g/mol. The van der Waals surface area contributed by atoms with E-state index >= 15 is 0 Å². The zero-order valence-electron chi connectivity index (χ0n) is 13.5. The topological polar surface area (TPSA) is 65.4 Å². The third-order valence-corrected chi connectivity index (χ3v) is 3.93. The molecule has 126 valence electrons. The molecule has 0 bridgehead atoms. The maximum atomic E-state index is 12.3. The lowest BCUT2D eigenvalue weighted by Gasteiger charge is -2.18. The summed E-state index contributed by atoms with van der Waals surface area (Å²) >= 11 is 0. The summed E-state index contributed by atoms with van der Waals surface area (Å²) in [5, 5.41) is 7.14. The highest BCUT2D eigenvalue weighted by atomic mass is 16.6. The molecule has 25 heavy (non-hydrogen) atoms. The van der Waals surface area contributed by atoms with E-state index in [1.807, 2.05) is 48.5 Å². The maximum absolute atomic E-state index is 12.3. The van der Waals surface area contributed by atoms with Crippen LogP contribution in [-0.2, 0) is 6.54 Å². The number of carbonyl (C=O) groups excluding carboxylic acids is 1. The van der Waals surface area contributed by atoms with Crippen molar-refractivity contribution in [3.8, 4) is 17.2 Å². The molecule has 0 spiro atoms. The lowest BCUT2D eigenvalue weighted by Crippen LogP contribution is -2.22. The van der Waals surface area contributed by atoms with Gasteiger partial charge in [-0.1, -0.05) is 24.3 Å². The number of benzene rings is 2. The first-order chi connectivity index (χ1) is 12.3. The number of para-hydroxylation sites is 1. The first-order valence-electron chi connectivity index (χ1n) is 8.06. The number of ether oxygens (including phenoxy) is 2. The molecule has 0 saturated carbocycles. The number of hydrogen-bond acceptors (Lipinski definition) is 4. The smallest absolute Gasteiger partial charge is 0.254 e. The number of nitrogens with one attached hydrogen (secondary N) is 1. The van der Waals surface area contributed by atoms with E-state index in [0.717, 1.165) is 22.7 Å². The Morgan fingerprint density at radius 3 is 2.72 bits per heavy atom. The Morgan fingerprint density at radius 1 is 1.08 bits per heavy atom. The summed E-state index contributed by atoms with van der Waals surface area (Å²) in [5.41, 5.74) is 2.38. The monoisotopic (exact) mass is 335 g/mol. The van der Waals surface area contributed by atoms with E-state index in [9.17, 15) is 4.79 Å². The van der Waals surface area contributed by atoms with Gasteiger partial charge in [0, 0.05) is 12.7 Å². The van der Waals surface area contributed by atoms with E-state index in [0.29, 0.717) is 25.3 Å². The molecule has 1 amide bonds. The van der Waals surface area contributed by atoms with Gasteiger partial charge in [0.05, 0.1) is 17.4 Å². The van der Waals surface area contributed by atoms with Gasteiger partial charge in [0.2, 0.25) is 0 Å². The predicted octanol–water partition coefficient (Wildman–Crippen LogP) is 2.57. The van der Waals surface area contributed by atoms with E-state index in [1.165, 1.54) is 0 Å². The summed E-state index contributed by atoms with van der Waals surface area (Å²) in [6.45, 7) is 1.52. The highest BCUT2D eigenvalue weighted by Crippen LogP contribution is 2.30. The fourth-order valence-corrected chi connectivity index (χ4v) is 2.64. The minimum Gasteiger partial charge on any atom is -0.486 e. The standard InChI is InChI=1S/C19H17N3O3/c23-19(15-12-21-22(13-15)16-4-2-1-3-5-16)20-11-14-6-7-17-18(10-14)25-9-8-24-17/h1-7,10,12-13H,8-9,11H2,(H,20,23). The molecule has 1 aliphatic rings. The average molecular weight is 335 g/mol. The predicted molar refractivity (Wildman–Crippen MR) is 92.2 cm³/mol.